The summed E-state index contributed by atoms with van der Waals surface area (Å²) in [5, 5.41) is 10.5. The van der Waals surface area contributed by atoms with Crippen LogP contribution in [0.25, 0.3) is 11.0 Å². The summed E-state index contributed by atoms with van der Waals surface area (Å²) >= 11 is 1.68. The number of hydrogen-bond acceptors (Lipinski definition) is 5. The highest BCUT2D eigenvalue weighted by atomic mass is 32.1. The summed E-state index contributed by atoms with van der Waals surface area (Å²) in [5.74, 6) is 0.450. The van der Waals surface area contributed by atoms with E-state index in [0.29, 0.717) is 18.0 Å². The number of amides is 2. The monoisotopic (exact) mass is 465 g/mol. The highest BCUT2D eigenvalue weighted by molar-refractivity contribution is 7.09. The summed E-state index contributed by atoms with van der Waals surface area (Å²) in [6, 6.07) is 6.03. The van der Waals surface area contributed by atoms with Gasteiger partial charge in [-0.1, -0.05) is 25.3 Å². The van der Waals surface area contributed by atoms with Gasteiger partial charge in [-0.05, 0) is 50.1 Å². The zero-order valence-electron chi connectivity index (χ0n) is 19.1. The van der Waals surface area contributed by atoms with E-state index in [1.54, 1.807) is 17.5 Å². The number of piperidine rings is 1. The van der Waals surface area contributed by atoms with Crippen LogP contribution in [-0.4, -0.2) is 50.6 Å². The van der Waals surface area contributed by atoms with Crippen LogP contribution in [0.3, 0.4) is 0 Å². The first-order valence-corrected chi connectivity index (χ1v) is 12.9. The molecule has 33 heavy (non-hydrogen) atoms. The topological polar surface area (TPSA) is 80.1 Å². The molecular weight excluding hydrogens is 434 g/mol. The minimum Gasteiger partial charge on any atom is -0.349 e. The molecule has 3 aromatic rings. The van der Waals surface area contributed by atoms with E-state index < -0.39 is 0 Å². The molecule has 4 heterocycles. The second-order valence-electron chi connectivity index (χ2n) is 9.34. The number of rotatable bonds is 5. The van der Waals surface area contributed by atoms with E-state index in [-0.39, 0.29) is 17.9 Å². The number of aromatic nitrogens is 3. The summed E-state index contributed by atoms with van der Waals surface area (Å²) in [5.41, 5.74) is 2.16. The van der Waals surface area contributed by atoms with Crippen molar-refractivity contribution in [3.63, 3.8) is 0 Å². The largest absolute Gasteiger partial charge is 0.349 e. The van der Waals surface area contributed by atoms with E-state index in [1.165, 1.54) is 24.1 Å². The van der Waals surface area contributed by atoms with Crippen LogP contribution < -0.4 is 5.32 Å². The number of carbonyl (C=O) groups excluding carboxylic acids is 2. The van der Waals surface area contributed by atoms with E-state index >= 15 is 0 Å². The molecule has 1 aliphatic carbocycles. The Labute approximate surface area is 198 Å². The molecule has 0 spiro atoms. The van der Waals surface area contributed by atoms with Crippen LogP contribution in [0.4, 0.5) is 0 Å². The van der Waals surface area contributed by atoms with Crippen molar-refractivity contribution < 1.29 is 9.59 Å². The molecule has 2 aliphatic rings. The predicted molar refractivity (Wildman–Crippen MR) is 129 cm³/mol. The number of thiophene rings is 1. The number of nitrogens with one attached hydrogen (secondary N) is 1. The van der Waals surface area contributed by atoms with Gasteiger partial charge in [-0.15, -0.1) is 11.3 Å². The predicted octanol–water partition coefficient (Wildman–Crippen LogP) is 4.15. The summed E-state index contributed by atoms with van der Waals surface area (Å²) in [4.78, 5) is 33.9. The van der Waals surface area contributed by atoms with Crippen LogP contribution in [0.2, 0.25) is 0 Å². The fourth-order valence-electron chi connectivity index (χ4n) is 5.14. The Bertz CT molecular complexity index is 1130. The Kier molecular flexibility index (Phi) is 6.44. The number of pyridine rings is 1. The van der Waals surface area contributed by atoms with Crippen LogP contribution in [0.1, 0.15) is 65.9 Å². The van der Waals surface area contributed by atoms with Gasteiger partial charge < -0.3 is 10.2 Å². The molecule has 2 fully saturated rings. The summed E-state index contributed by atoms with van der Waals surface area (Å²) in [7, 11) is 0. The van der Waals surface area contributed by atoms with Gasteiger partial charge in [0.1, 0.15) is 0 Å². The number of fused-ring (bicyclic) bond motifs is 1. The average Bonchev–Trinajstić information content (AvgIpc) is 3.50. The van der Waals surface area contributed by atoms with Crippen LogP contribution in [-0.2, 0) is 11.3 Å². The lowest BCUT2D eigenvalue weighted by Gasteiger charge is -2.35. The summed E-state index contributed by atoms with van der Waals surface area (Å²) in [6.07, 6.45) is 9.02. The van der Waals surface area contributed by atoms with Crippen molar-refractivity contribution in [3.8, 4) is 0 Å². The number of hydrogen-bond donors (Lipinski definition) is 1. The molecule has 5 rings (SSSR count). The molecule has 174 valence electrons. The first-order chi connectivity index (χ1) is 16.1. The number of carbonyl (C=O) groups is 2. The lowest BCUT2D eigenvalue weighted by Crippen LogP contribution is -2.48. The third-order valence-corrected chi connectivity index (χ3v) is 7.83. The second kappa shape index (κ2) is 9.63. The summed E-state index contributed by atoms with van der Waals surface area (Å²) < 4.78 is 1.86. The molecule has 1 aliphatic heterocycles. The van der Waals surface area contributed by atoms with E-state index in [0.717, 1.165) is 55.5 Å². The van der Waals surface area contributed by atoms with Gasteiger partial charge in [-0.25, -0.2) is 9.67 Å². The molecule has 1 N–H and O–H groups in total. The molecular formula is C25H31N5O2S. The van der Waals surface area contributed by atoms with Gasteiger partial charge in [0.25, 0.3) is 5.91 Å². The smallest absolute Gasteiger partial charge is 0.252 e. The van der Waals surface area contributed by atoms with Crippen molar-refractivity contribution in [2.45, 2.75) is 64.5 Å². The van der Waals surface area contributed by atoms with Gasteiger partial charge in [0.2, 0.25) is 5.91 Å². The Morgan fingerprint density at radius 2 is 1.94 bits per heavy atom. The van der Waals surface area contributed by atoms with Gasteiger partial charge in [0.15, 0.2) is 5.65 Å². The maximum absolute atomic E-state index is 13.2. The van der Waals surface area contributed by atoms with E-state index in [4.69, 9.17) is 0 Å². The highest BCUT2D eigenvalue weighted by Gasteiger charge is 2.30. The van der Waals surface area contributed by atoms with Gasteiger partial charge in [0, 0.05) is 35.6 Å². The summed E-state index contributed by atoms with van der Waals surface area (Å²) in [6.45, 7) is 4.01. The zero-order chi connectivity index (χ0) is 22.8. The Morgan fingerprint density at radius 3 is 2.67 bits per heavy atom. The molecule has 0 unspecified atom stereocenters. The SMILES string of the molecule is Cc1cc(C(=O)NC2CCN(C(=O)C3CCCCC3)CC2)c2cnn(Cc3cccs3)c2n1. The van der Waals surface area contributed by atoms with Crippen molar-refractivity contribution in [1.82, 2.24) is 25.0 Å². The van der Waals surface area contributed by atoms with Gasteiger partial charge in [-0.2, -0.15) is 5.10 Å². The van der Waals surface area contributed by atoms with Gasteiger partial charge in [0.05, 0.1) is 23.7 Å². The molecule has 7 nitrogen and oxygen atoms in total. The third kappa shape index (κ3) is 4.81. The Hall–Kier alpha value is -2.74. The van der Waals surface area contributed by atoms with Crippen LogP contribution >= 0.6 is 11.3 Å². The van der Waals surface area contributed by atoms with Crippen molar-refractivity contribution in [1.29, 1.82) is 0 Å². The fourth-order valence-corrected chi connectivity index (χ4v) is 5.83. The highest BCUT2D eigenvalue weighted by Crippen LogP contribution is 2.27. The second-order valence-corrected chi connectivity index (χ2v) is 10.4. The maximum atomic E-state index is 13.2. The number of likely N-dealkylation sites (tertiary alicyclic amines) is 1. The quantitative estimate of drug-likeness (QED) is 0.614. The lowest BCUT2D eigenvalue weighted by molar-refractivity contribution is -0.137. The van der Waals surface area contributed by atoms with Gasteiger partial charge in [-0.3, -0.25) is 9.59 Å². The van der Waals surface area contributed by atoms with E-state index in [2.05, 4.69) is 21.5 Å². The number of nitrogens with zero attached hydrogens (tertiary/aromatic N) is 4. The standard InChI is InChI=1S/C25H31N5O2S/c1-17-14-21(22-15-26-30(23(22)27-17)16-20-8-5-13-33-20)24(31)28-19-9-11-29(12-10-19)25(32)18-6-3-2-4-7-18/h5,8,13-15,18-19H,2-4,6-7,9-12,16H2,1H3,(H,28,31). The Balaban J connectivity index is 1.24. The average molecular weight is 466 g/mol. The zero-order valence-corrected chi connectivity index (χ0v) is 19.9. The first-order valence-electron chi connectivity index (χ1n) is 12.0. The minimum atomic E-state index is -0.0850. The number of aryl methyl sites for hydroxylation is 1. The van der Waals surface area contributed by atoms with Crippen LogP contribution in [0.15, 0.2) is 29.8 Å². The molecule has 3 aromatic heterocycles. The Morgan fingerprint density at radius 1 is 1.15 bits per heavy atom. The third-order valence-electron chi connectivity index (χ3n) is 6.96. The van der Waals surface area contributed by atoms with Crippen molar-refractivity contribution in [3.05, 3.63) is 45.9 Å². The normalized spacial score (nSPS) is 18.0. The molecule has 8 heteroatoms. The minimum absolute atomic E-state index is 0.0811. The molecule has 0 bridgehead atoms. The molecule has 1 saturated carbocycles. The van der Waals surface area contributed by atoms with Gasteiger partial charge >= 0.3 is 0 Å². The molecule has 0 radical (unpaired) electrons. The molecule has 2 amide bonds. The van der Waals surface area contributed by atoms with E-state index in [1.807, 2.05) is 34.0 Å². The van der Waals surface area contributed by atoms with E-state index in [9.17, 15) is 9.59 Å². The first kappa shape index (κ1) is 22.1. The molecule has 0 atom stereocenters. The lowest BCUT2D eigenvalue weighted by atomic mass is 9.87. The van der Waals surface area contributed by atoms with Crippen molar-refractivity contribution in [2.24, 2.45) is 5.92 Å². The fraction of sp³-hybridized carbons (Fsp3) is 0.520. The van der Waals surface area contributed by atoms with Crippen LogP contribution in [0, 0.1) is 12.8 Å². The van der Waals surface area contributed by atoms with Crippen molar-refractivity contribution in [2.75, 3.05) is 13.1 Å². The molecule has 1 saturated heterocycles. The molecule has 0 aromatic carbocycles. The van der Waals surface area contributed by atoms with Crippen molar-refractivity contribution >= 4 is 34.2 Å². The van der Waals surface area contributed by atoms with Crippen LogP contribution in [0.5, 0.6) is 0 Å². The maximum Gasteiger partial charge on any atom is 0.252 e.